The van der Waals surface area contributed by atoms with E-state index in [1.165, 1.54) is 16.4 Å². The summed E-state index contributed by atoms with van der Waals surface area (Å²) < 4.78 is 81.4. The number of hydrogen-bond acceptors (Lipinski definition) is 3. The van der Waals surface area contributed by atoms with Crippen LogP contribution in [0.1, 0.15) is 56.1 Å². The number of carbonyl (C=O) groups excluding carboxylic acids is 1. The molecule has 0 atom stereocenters. The number of rotatable bonds is 4. The topological polar surface area (TPSA) is 57.7 Å². The highest BCUT2D eigenvalue weighted by molar-refractivity contribution is 7.92. The lowest BCUT2D eigenvalue weighted by atomic mass is 9.67. The normalized spacial score (nSPS) is 25.9. The minimum Gasteiger partial charge on any atom is -0.342 e. The number of benzene rings is 2. The zero-order valence-electron chi connectivity index (χ0n) is 19.7. The van der Waals surface area contributed by atoms with Crippen LogP contribution in [0.3, 0.4) is 0 Å². The van der Waals surface area contributed by atoms with Crippen LogP contribution in [0.15, 0.2) is 53.4 Å². The van der Waals surface area contributed by atoms with Crippen LogP contribution >= 0.6 is 0 Å². The molecule has 36 heavy (non-hydrogen) atoms. The van der Waals surface area contributed by atoms with Crippen molar-refractivity contribution in [3.05, 3.63) is 59.7 Å². The fourth-order valence-corrected chi connectivity index (χ4v) is 7.44. The molecule has 5 nitrogen and oxygen atoms in total. The van der Waals surface area contributed by atoms with Crippen LogP contribution in [0.25, 0.3) is 0 Å². The van der Waals surface area contributed by atoms with E-state index in [0.717, 1.165) is 17.7 Å². The molecule has 0 bridgehead atoms. The number of carbonyl (C=O) groups is 1. The molecule has 2 heterocycles. The summed E-state index contributed by atoms with van der Waals surface area (Å²) in [5.74, 6) is -3.06. The van der Waals surface area contributed by atoms with Crippen molar-refractivity contribution >= 4 is 21.6 Å². The molecular weight excluding hydrogens is 496 g/mol. The quantitative estimate of drug-likeness (QED) is 0.495. The van der Waals surface area contributed by atoms with E-state index >= 15 is 0 Å². The molecule has 1 aliphatic carbocycles. The largest absolute Gasteiger partial charge is 0.342 e. The van der Waals surface area contributed by atoms with Crippen molar-refractivity contribution in [1.29, 1.82) is 0 Å². The number of nitrogens with zero attached hydrogens (tertiary/aromatic N) is 2. The zero-order valence-corrected chi connectivity index (χ0v) is 20.5. The van der Waals surface area contributed by atoms with Gasteiger partial charge in [0.15, 0.2) is 0 Å². The SMILES string of the molecule is O=C(C1CCC2(CC1)CN(S(=O)(=O)c1ccc(C(F)F)cc1)c1ccccc12)N1CCC(F)(F)CC1. The van der Waals surface area contributed by atoms with Gasteiger partial charge < -0.3 is 4.90 Å². The van der Waals surface area contributed by atoms with Crippen LogP contribution in [0, 0.1) is 5.92 Å². The number of anilines is 1. The van der Waals surface area contributed by atoms with Crippen molar-refractivity contribution < 1.29 is 30.8 Å². The monoisotopic (exact) mass is 524 g/mol. The molecule has 1 saturated heterocycles. The minimum absolute atomic E-state index is 0.0514. The van der Waals surface area contributed by atoms with Crippen LogP contribution in [-0.4, -0.2) is 44.8 Å². The molecule has 194 valence electrons. The maximum atomic E-state index is 13.6. The summed E-state index contributed by atoms with van der Waals surface area (Å²) in [4.78, 5) is 14.5. The number of alkyl halides is 4. The lowest BCUT2D eigenvalue weighted by molar-refractivity contribution is -0.142. The molecule has 1 amide bonds. The van der Waals surface area contributed by atoms with Gasteiger partial charge in [0.2, 0.25) is 5.91 Å². The Morgan fingerprint density at radius 1 is 0.917 bits per heavy atom. The van der Waals surface area contributed by atoms with Gasteiger partial charge in [0, 0.05) is 49.4 Å². The van der Waals surface area contributed by atoms with Crippen molar-refractivity contribution in [2.75, 3.05) is 23.9 Å². The van der Waals surface area contributed by atoms with Crippen LogP contribution in [-0.2, 0) is 20.2 Å². The molecule has 2 fully saturated rings. The van der Waals surface area contributed by atoms with Crippen LogP contribution in [0.2, 0.25) is 0 Å². The second-order valence-electron chi connectivity index (χ2n) is 10.1. The average molecular weight is 525 g/mol. The van der Waals surface area contributed by atoms with E-state index in [2.05, 4.69) is 0 Å². The van der Waals surface area contributed by atoms with Gasteiger partial charge in [0.05, 0.1) is 10.6 Å². The minimum atomic E-state index is -3.99. The maximum absolute atomic E-state index is 13.6. The highest BCUT2D eigenvalue weighted by Gasteiger charge is 2.49. The van der Waals surface area contributed by atoms with Crippen LogP contribution < -0.4 is 4.31 Å². The summed E-state index contributed by atoms with van der Waals surface area (Å²) in [5.41, 5.74) is 0.769. The van der Waals surface area contributed by atoms with E-state index in [4.69, 9.17) is 0 Å². The summed E-state index contributed by atoms with van der Waals surface area (Å²) in [6.07, 6.45) is -1.01. The van der Waals surface area contributed by atoms with Gasteiger partial charge in [0.1, 0.15) is 0 Å². The standard InChI is InChI=1S/C26H28F4N2O3S/c27-23(28)18-5-7-20(8-6-18)36(34,35)32-17-25(21-3-1-2-4-22(21)32)11-9-19(10-12-25)24(33)31-15-13-26(29,30)14-16-31/h1-8,19,23H,9-17H2. The van der Waals surface area contributed by atoms with E-state index in [9.17, 15) is 30.8 Å². The van der Waals surface area contributed by atoms with Gasteiger partial charge >= 0.3 is 0 Å². The fourth-order valence-electron chi connectivity index (χ4n) is 5.87. The predicted octanol–water partition coefficient (Wildman–Crippen LogP) is 5.52. The first-order valence-electron chi connectivity index (χ1n) is 12.2. The Bertz CT molecular complexity index is 1230. The number of halogens is 4. The number of fused-ring (bicyclic) bond motifs is 2. The van der Waals surface area contributed by atoms with Gasteiger partial charge in [-0.3, -0.25) is 9.10 Å². The molecule has 3 aliphatic rings. The first-order chi connectivity index (χ1) is 17.0. The van der Waals surface area contributed by atoms with E-state index in [1.54, 1.807) is 17.0 Å². The van der Waals surface area contributed by atoms with Crippen molar-refractivity contribution in [2.45, 2.75) is 61.2 Å². The Hall–Kier alpha value is -2.62. The molecule has 2 aromatic rings. The lowest BCUT2D eigenvalue weighted by Crippen LogP contribution is -2.47. The van der Waals surface area contributed by atoms with Gasteiger partial charge in [-0.1, -0.05) is 30.3 Å². The number of amides is 1. The Labute approximate surface area is 208 Å². The third kappa shape index (κ3) is 4.37. The third-order valence-electron chi connectivity index (χ3n) is 8.01. The Morgan fingerprint density at radius 3 is 2.14 bits per heavy atom. The molecule has 0 N–H and O–H groups in total. The van der Waals surface area contributed by atoms with Crippen LogP contribution in [0.4, 0.5) is 23.2 Å². The third-order valence-corrected chi connectivity index (χ3v) is 9.78. The molecule has 2 aromatic carbocycles. The summed E-state index contributed by atoms with van der Waals surface area (Å²) in [7, 11) is -3.99. The molecular formula is C26H28F4N2O3S. The molecule has 0 aromatic heterocycles. The molecule has 10 heteroatoms. The maximum Gasteiger partial charge on any atom is 0.264 e. The number of hydrogen-bond donors (Lipinski definition) is 0. The number of likely N-dealkylation sites (tertiary alicyclic amines) is 1. The summed E-state index contributed by atoms with van der Waals surface area (Å²) in [6.45, 7) is 0.335. The van der Waals surface area contributed by atoms with Gasteiger partial charge in [-0.15, -0.1) is 0 Å². The molecule has 5 rings (SSSR count). The summed E-state index contributed by atoms with van der Waals surface area (Å²) in [6, 6.07) is 12.0. The lowest BCUT2D eigenvalue weighted by Gasteiger charge is -2.40. The average Bonchev–Trinajstić information content (AvgIpc) is 3.19. The Morgan fingerprint density at radius 2 is 1.53 bits per heavy atom. The Kier molecular flexibility index (Phi) is 6.29. The highest BCUT2D eigenvalue weighted by atomic mass is 32.2. The number of para-hydroxylation sites is 1. The Balaban J connectivity index is 1.35. The van der Waals surface area contributed by atoms with Gasteiger partial charge in [0.25, 0.3) is 22.4 Å². The van der Waals surface area contributed by atoms with E-state index in [1.807, 2.05) is 12.1 Å². The summed E-state index contributed by atoms with van der Waals surface area (Å²) in [5, 5.41) is 0. The molecule has 0 radical (unpaired) electrons. The number of piperidine rings is 1. The first kappa shape index (κ1) is 25.0. The van der Waals surface area contributed by atoms with Gasteiger partial charge in [-0.05, 0) is 49.4 Å². The fraction of sp³-hybridized carbons (Fsp3) is 0.500. The van der Waals surface area contributed by atoms with Crippen molar-refractivity contribution in [1.82, 2.24) is 4.90 Å². The van der Waals surface area contributed by atoms with Crippen molar-refractivity contribution in [3.63, 3.8) is 0 Å². The van der Waals surface area contributed by atoms with E-state index in [0.29, 0.717) is 31.4 Å². The second kappa shape index (κ2) is 9.04. The molecule has 2 aliphatic heterocycles. The smallest absolute Gasteiger partial charge is 0.264 e. The summed E-state index contributed by atoms with van der Waals surface area (Å²) >= 11 is 0. The molecule has 1 spiro atoms. The number of sulfonamides is 1. The zero-order chi connectivity index (χ0) is 25.7. The molecule has 0 unspecified atom stereocenters. The van der Waals surface area contributed by atoms with E-state index < -0.39 is 27.8 Å². The predicted molar refractivity (Wildman–Crippen MR) is 127 cm³/mol. The van der Waals surface area contributed by atoms with Gasteiger partial charge in [-0.25, -0.2) is 26.0 Å². The van der Waals surface area contributed by atoms with Crippen LogP contribution in [0.5, 0.6) is 0 Å². The van der Waals surface area contributed by atoms with E-state index in [-0.39, 0.29) is 54.8 Å². The van der Waals surface area contributed by atoms with Crippen molar-refractivity contribution in [3.8, 4) is 0 Å². The van der Waals surface area contributed by atoms with Crippen molar-refractivity contribution in [2.24, 2.45) is 5.92 Å². The molecule has 1 saturated carbocycles. The van der Waals surface area contributed by atoms with Gasteiger partial charge in [-0.2, -0.15) is 0 Å². The highest BCUT2D eigenvalue weighted by Crippen LogP contribution is 2.52. The first-order valence-corrected chi connectivity index (χ1v) is 13.6. The second-order valence-corrected chi connectivity index (χ2v) is 12.0.